The summed E-state index contributed by atoms with van der Waals surface area (Å²) in [5.41, 5.74) is 2.76. The Morgan fingerprint density at radius 3 is 1.29 bits per heavy atom. The molecule has 1 aromatic rings. The molecule has 0 radical (unpaired) electrons. The molecule has 1 rings (SSSR count). The van der Waals surface area contributed by atoms with Crippen molar-refractivity contribution in [2.75, 3.05) is 0 Å². The third-order valence-corrected chi connectivity index (χ3v) is 1.53. The average molecular weight is 240 g/mol. The molecule has 0 fully saturated rings. The van der Waals surface area contributed by atoms with Crippen LogP contribution in [0.3, 0.4) is 0 Å². The van der Waals surface area contributed by atoms with Gasteiger partial charge in [-0.2, -0.15) is 0 Å². The Morgan fingerprint density at radius 2 is 1.06 bits per heavy atom. The molecule has 0 spiro atoms. The van der Waals surface area contributed by atoms with Crippen LogP contribution in [0.25, 0.3) is 0 Å². The van der Waals surface area contributed by atoms with Gasteiger partial charge in [0.05, 0.1) is 0 Å². The van der Waals surface area contributed by atoms with Gasteiger partial charge in [-0.3, -0.25) is 0 Å². The van der Waals surface area contributed by atoms with Gasteiger partial charge in [0.2, 0.25) is 0 Å². The molecule has 0 N–H and O–H groups in total. The van der Waals surface area contributed by atoms with E-state index in [2.05, 4.69) is 52.0 Å². The second kappa shape index (κ2) is 24.4. The van der Waals surface area contributed by atoms with Gasteiger partial charge in [-0.05, 0) is 18.9 Å². The van der Waals surface area contributed by atoms with E-state index in [1.165, 1.54) is 17.5 Å². The smallest absolute Gasteiger partial charge is 0.0307 e. The lowest BCUT2D eigenvalue weighted by molar-refractivity contribution is 1.09. The molecule has 0 aliphatic rings. The lowest BCUT2D eigenvalue weighted by Crippen LogP contribution is -1.77. The van der Waals surface area contributed by atoms with Crippen LogP contribution in [0.4, 0.5) is 0 Å². The lowest BCUT2D eigenvalue weighted by atomic mass is 10.1. The molecule has 0 atom stereocenters. The van der Waals surface area contributed by atoms with E-state index in [0.717, 1.165) is 6.42 Å². The molecule has 0 amide bonds. The molecule has 1 aromatic carbocycles. The van der Waals surface area contributed by atoms with Crippen molar-refractivity contribution in [3.8, 4) is 0 Å². The topological polar surface area (TPSA) is 0 Å². The summed E-state index contributed by atoms with van der Waals surface area (Å²) in [6, 6.07) is 8.66. The van der Waals surface area contributed by atoms with Gasteiger partial charge in [0.25, 0.3) is 0 Å². The van der Waals surface area contributed by atoms with E-state index < -0.39 is 0 Å². The van der Waals surface area contributed by atoms with Crippen LogP contribution in [0, 0.1) is 6.92 Å². The highest BCUT2D eigenvalue weighted by molar-refractivity contribution is 5.20. The van der Waals surface area contributed by atoms with Crippen LogP contribution in [0.1, 0.15) is 73.4 Å². The van der Waals surface area contributed by atoms with Crippen molar-refractivity contribution in [3.05, 3.63) is 35.4 Å². The summed E-state index contributed by atoms with van der Waals surface area (Å²) in [6.45, 7) is 16.5. The summed E-state index contributed by atoms with van der Waals surface area (Å²) >= 11 is 0. The predicted molar refractivity (Wildman–Crippen MR) is 85.9 cm³/mol. The zero-order valence-corrected chi connectivity index (χ0v) is 12.7. The molecule has 0 nitrogen and oxygen atoms in total. The standard InChI is InChI=1S/C9H12.C3H8.2C2H6.CH4/c1-3-9-6-4-8(2)5-7-9;1-3-2;2*1-2;/h4-7H,3H2,1-2H3;3H2,1-2H3;2*1-2H3;1H4. The first-order valence-electron chi connectivity index (χ1n) is 6.80. The molecule has 17 heavy (non-hydrogen) atoms. The second-order valence-corrected chi connectivity index (χ2v) is 3.05. The fraction of sp³-hybridized carbons (Fsp3) is 0.647. The van der Waals surface area contributed by atoms with Crippen molar-refractivity contribution in [1.29, 1.82) is 0 Å². The molecule has 0 saturated heterocycles. The van der Waals surface area contributed by atoms with Crippen LogP contribution in [0.5, 0.6) is 0 Å². The number of hydrogen-bond acceptors (Lipinski definition) is 0. The SMILES string of the molecule is C.CC.CC.CCC.CCc1ccc(C)cc1. The highest BCUT2D eigenvalue weighted by atomic mass is 13.9. The van der Waals surface area contributed by atoms with E-state index in [1.54, 1.807) is 0 Å². The van der Waals surface area contributed by atoms with Crippen molar-refractivity contribution in [3.63, 3.8) is 0 Å². The van der Waals surface area contributed by atoms with Crippen LogP contribution in [0.15, 0.2) is 24.3 Å². The zero-order valence-electron chi connectivity index (χ0n) is 12.7. The molecule has 0 unspecified atom stereocenters. The van der Waals surface area contributed by atoms with Gasteiger partial charge in [-0.1, -0.05) is 92.1 Å². The first-order valence-corrected chi connectivity index (χ1v) is 6.80. The molecule has 0 bridgehead atoms. The van der Waals surface area contributed by atoms with E-state index in [1.807, 2.05) is 27.7 Å². The minimum absolute atomic E-state index is 0. The Bertz CT molecular complexity index is 184. The van der Waals surface area contributed by atoms with E-state index >= 15 is 0 Å². The van der Waals surface area contributed by atoms with Gasteiger partial charge in [0.15, 0.2) is 0 Å². The maximum atomic E-state index is 2.18. The minimum atomic E-state index is 0. The van der Waals surface area contributed by atoms with E-state index in [-0.39, 0.29) is 7.43 Å². The van der Waals surface area contributed by atoms with Gasteiger partial charge in [-0.15, -0.1) is 0 Å². The Hall–Kier alpha value is -0.780. The molecule has 0 aromatic heterocycles. The van der Waals surface area contributed by atoms with Gasteiger partial charge in [0, 0.05) is 0 Å². The van der Waals surface area contributed by atoms with E-state index in [0.29, 0.717) is 0 Å². The Kier molecular flexibility index (Phi) is 36.2. The van der Waals surface area contributed by atoms with Crippen molar-refractivity contribution >= 4 is 0 Å². The summed E-state index contributed by atoms with van der Waals surface area (Å²) in [5, 5.41) is 0. The Labute approximate surface area is 111 Å². The van der Waals surface area contributed by atoms with Gasteiger partial charge in [-0.25, -0.2) is 0 Å². The molecule has 0 heterocycles. The van der Waals surface area contributed by atoms with Crippen LogP contribution >= 0.6 is 0 Å². The van der Waals surface area contributed by atoms with Crippen LogP contribution in [-0.4, -0.2) is 0 Å². The fourth-order valence-corrected chi connectivity index (χ4v) is 0.824. The number of aryl methyl sites for hydroxylation is 2. The van der Waals surface area contributed by atoms with Crippen LogP contribution < -0.4 is 0 Å². The third kappa shape index (κ3) is 21.1. The first-order chi connectivity index (χ1) is 7.74. The lowest BCUT2D eigenvalue weighted by Gasteiger charge is -1.94. The quantitative estimate of drug-likeness (QED) is 0.514. The maximum Gasteiger partial charge on any atom is -0.0307 e. The summed E-state index contributed by atoms with van der Waals surface area (Å²) in [5.74, 6) is 0. The Balaban J connectivity index is -0.0000000911. The molecule has 0 aliphatic carbocycles. The maximum absolute atomic E-state index is 2.18. The molecule has 0 saturated carbocycles. The van der Waals surface area contributed by atoms with Crippen LogP contribution in [0.2, 0.25) is 0 Å². The molecule has 104 valence electrons. The average Bonchev–Trinajstić information content (AvgIpc) is 2.36. The normalized spacial score (nSPS) is 6.82. The minimum Gasteiger partial charge on any atom is -0.0776 e. The molecule has 0 aliphatic heterocycles. The van der Waals surface area contributed by atoms with E-state index in [4.69, 9.17) is 0 Å². The van der Waals surface area contributed by atoms with Crippen LogP contribution in [-0.2, 0) is 6.42 Å². The van der Waals surface area contributed by atoms with Crippen molar-refractivity contribution in [2.24, 2.45) is 0 Å². The molecule has 0 heteroatoms. The largest absolute Gasteiger partial charge is 0.0776 e. The van der Waals surface area contributed by atoms with Crippen molar-refractivity contribution in [1.82, 2.24) is 0 Å². The number of rotatable bonds is 1. The van der Waals surface area contributed by atoms with Gasteiger partial charge < -0.3 is 0 Å². The zero-order chi connectivity index (χ0) is 13.4. The number of benzene rings is 1. The second-order valence-electron chi connectivity index (χ2n) is 3.05. The highest BCUT2D eigenvalue weighted by Gasteiger charge is 1.84. The summed E-state index contributed by atoms with van der Waals surface area (Å²) in [4.78, 5) is 0. The Morgan fingerprint density at radius 1 is 0.765 bits per heavy atom. The number of hydrogen-bond donors (Lipinski definition) is 0. The first kappa shape index (κ1) is 25.2. The predicted octanol–water partition coefficient (Wildman–Crippen LogP) is 6.66. The van der Waals surface area contributed by atoms with Crippen molar-refractivity contribution in [2.45, 2.75) is 75.7 Å². The summed E-state index contributed by atoms with van der Waals surface area (Å²) in [6.07, 6.45) is 2.39. The third-order valence-electron chi connectivity index (χ3n) is 1.53. The van der Waals surface area contributed by atoms with Gasteiger partial charge >= 0.3 is 0 Å². The fourth-order valence-electron chi connectivity index (χ4n) is 0.824. The summed E-state index contributed by atoms with van der Waals surface area (Å²) < 4.78 is 0. The van der Waals surface area contributed by atoms with E-state index in [9.17, 15) is 0 Å². The van der Waals surface area contributed by atoms with Gasteiger partial charge in [0.1, 0.15) is 0 Å². The highest BCUT2D eigenvalue weighted by Crippen LogP contribution is 2.02. The monoisotopic (exact) mass is 240 g/mol. The summed E-state index contributed by atoms with van der Waals surface area (Å²) in [7, 11) is 0. The molecular formula is C17H36. The van der Waals surface area contributed by atoms with Crippen molar-refractivity contribution < 1.29 is 0 Å². The molecular weight excluding hydrogens is 204 g/mol.